The third kappa shape index (κ3) is 3.16. The van der Waals surface area contributed by atoms with E-state index in [1.807, 2.05) is 6.07 Å². The number of likely N-dealkylation sites (tertiary alicyclic amines) is 1. The van der Waals surface area contributed by atoms with Crippen molar-refractivity contribution in [3.8, 4) is 6.07 Å². The number of halogens is 1. The van der Waals surface area contributed by atoms with Gasteiger partial charge in [0.2, 0.25) is 0 Å². The summed E-state index contributed by atoms with van der Waals surface area (Å²) < 4.78 is 0. The van der Waals surface area contributed by atoms with E-state index in [0.717, 1.165) is 6.42 Å². The molecule has 0 spiro atoms. The van der Waals surface area contributed by atoms with E-state index in [0.29, 0.717) is 29.4 Å². The Morgan fingerprint density at radius 1 is 1.63 bits per heavy atom. The van der Waals surface area contributed by atoms with Gasteiger partial charge in [0.15, 0.2) is 0 Å². The standard InChI is InChI=1S/C13H14ClN3O2/c14-12-5-11(2-1-10(12)6-15)16-13(19)17-4-3-9(7-17)8-18/h1-2,5,9,18H,3-4,7-8H2,(H,16,19). The number of hydrogen-bond acceptors (Lipinski definition) is 3. The second kappa shape index (κ2) is 5.91. The van der Waals surface area contributed by atoms with Gasteiger partial charge in [-0.3, -0.25) is 0 Å². The third-order valence-electron chi connectivity index (χ3n) is 3.17. The van der Waals surface area contributed by atoms with Crippen molar-refractivity contribution in [3.05, 3.63) is 28.8 Å². The van der Waals surface area contributed by atoms with Crippen molar-refractivity contribution in [2.45, 2.75) is 6.42 Å². The quantitative estimate of drug-likeness (QED) is 0.870. The molecule has 1 aromatic rings. The molecule has 1 aromatic carbocycles. The minimum atomic E-state index is -0.211. The Labute approximate surface area is 116 Å². The average Bonchev–Trinajstić information content (AvgIpc) is 2.88. The Kier molecular flexibility index (Phi) is 4.25. The molecular weight excluding hydrogens is 266 g/mol. The van der Waals surface area contributed by atoms with Crippen LogP contribution in [0.5, 0.6) is 0 Å². The van der Waals surface area contributed by atoms with E-state index in [1.54, 1.807) is 23.1 Å². The van der Waals surface area contributed by atoms with E-state index in [1.165, 1.54) is 0 Å². The van der Waals surface area contributed by atoms with Crippen molar-refractivity contribution in [2.24, 2.45) is 5.92 Å². The number of rotatable bonds is 2. The van der Waals surface area contributed by atoms with Gasteiger partial charge < -0.3 is 15.3 Å². The van der Waals surface area contributed by atoms with Crippen LogP contribution < -0.4 is 5.32 Å². The highest BCUT2D eigenvalue weighted by atomic mass is 35.5. The van der Waals surface area contributed by atoms with Crippen LogP contribution in [0.15, 0.2) is 18.2 Å². The average molecular weight is 280 g/mol. The maximum atomic E-state index is 12.0. The molecule has 2 amide bonds. The largest absolute Gasteiger partial charge is 0.396 e. The summed E-state index contributed by atoms with van der Waals surface area (Å²) >= 11 is 5.90. The monoisotopic (exact) mass is 279 g/mol. The number of anilines is 1. The van der Waals surface area contributed by atoms with Crippen LogP contribution >= 0.6 is 11.6 Å². The smallest absolute Gasteiger partial charge is 0.321 e. The molecule has 1 heterocycles. The van der Waals surface area contributed by atoms with Gasteiger partial charge in [-0.15, -0.1) is 0 Å². The molecule has 1 aliphatic rings. The van der Waals surface area contributed by atoms with Crippen LogP contribution in [-0.2, 0) is 0 Å². The first-order chi connectivity index (χ1) is 9.13. The fourth-order valence-corrected chi connectivity index (χ4v) is 2.28. The van der Waals surface area contributed by atoms with Gasteiger partial charge >= 0.3 is 6.03 Å². The van der Waals surface area contributed by atoms with Crippen LogP contribution in [0, 0.1) is 17.2 Å². The first-order valence-corrected chi connectivity index (χ1v) is 6.38. The number of urea groups is 1. The molecule has 1 atom stereocenters. The second-order valence-electron chi connectivity index (χ2n) is 4.52. The maximum absolute atomic E-state index is 12.0. The number of nitrogens with zero attached hydrogens (tertiary/aromatic N) is 2. The van der Waals surface area contributed by atoms with Crippen LogP contribution in [0.3, 0.4) is 0 Å². The summed E-state index contributed by atoms with van der Waals surface area (Å²) in [7, 11) is 0. The Hall–Kier alpha value is -1.77. The Morgan fingerprint density at radius 3 is 3.00 bits per heavy atom. The minimum absolute atomic E-state index is 0.104. The number of nitriles is 1. The lowest BCUT2D eigenvalue weighted by molar-refractivity contribution is 0.209. The molecule has 0 radical (unpaired) electrons. The van der Waals surface area contributed by atoms with E-state index in [2.05, 4.69) is 5.32 Å². The van der Waals surface area contributed by atoms with Crippen LogP contribution in [-0.4, -0.2) is 35.7 Å². The van der Waals surface area contributed by atoms with Crippen molar-refractivity contribution < 1.29 is 9.90 Å². The summed E-state index contributed by atoms with van der Waals surface area (Å²) in [5.41, 5.74) is 0.933. The molecule has 0 aromatic heterocycles. The predicted molar refractivity (Wildman–Crippen MR) is 72.0 cm³/mol. The van der Waals surface area contributed by atoms with E-state index in [4.69, 9.17) is 22.0 Å². The Morgan fingerprint density at radius 2 is 2.42 bits per heavy atom. The van der Waals surface area contributed by atoms with E-state index < -0.39 is 0 Å². The van der Waals surface area contributed by atoms with Gasteiger partial charge in [0.05, 0.1) is 10.6 Å². The summed E-state index contributed by atoms with van der Waals surface area (Å²) in [5.74, 6) is 0.162. The molecule has 1 aliphatic heterocycles. The molecule has 5 nitrogen and oxygen atoms in total. The normalized spacial score (nSPS) is 18.2. The van der Waals surface area contributed by atoms with E-state index in [-0.39, 0.29) is 18.6 Å². The molecule has 6 heteroatoms. The lowest BCUT2D eigenvalue weighted by Crippen LogP contribution is -2.33. The van der Waals surface area contributed by atoms with Crippen LogP contribution in [0.25, 0.3) is 0 Å². The molecule has 2 rings (SSSR count). The lowest BCUT2D eigenvalue weighted by Gasteiger charge is -2.17. The molecule has 0 bridgehead atoms. The van der Waals surface area contributed by atoms with E-state index in [9.17, 15) is 4.79 Å². The number of hydrogen-bond donors (Lipinski definition) is 2. The molecule has 2 N–H and O–H groups in total. The van der Waals surface area contributed by atoms with Crippen molar-refractivity contribution >= 4 is 23.3 Å². The lowest BCUT2D eigenvalue weighted by atomic mass is 10.1. The number of amides is 2. The number of aliphatic hydroxyl groups excluding tert-OH is 1. The van der Waals surface area contributed by atoms with Crippen molar-refractivity contribution in [3.63, 3.8) is 0 Å². The first kappa shape index (κ1) is 13.7. The van der Waals surface area contributed by atoms with Gasteiger partial charge in [0, 0.05) is 31.3 Å². The number of carbonyl (C=O) groups is 1. The molecule has 0 saturated carbocycles. The fraction of sp³-hybridized carbons (Fsp3) is 0.385. The maximum Gasteiger partial charge on any atom is 0.321 e. The highest BCUT2D eigenvalue weighted by molar-refractivity contribution is 6.32. The highest BCUT2D eigenvalue weighted by Gasteiger charge is 2.25. The summed E-state index contributed by atoms with van der Waals surface area (Å²) in [4.78, 5) is 13.6. The van der Waals surface area contributed by atoms with Crippen molar-refractivity contribution in [1.82, 2.24) is 4.90 Å². The fourth-order valence-electron chi connectivity index (χ4n) is 2.05. The zero-order chi connectivity index (χ0) is 13.8. The van der Waals surface area contributed by atoms with Gasteiger partial charge in [0.25, 0.3) is 0 Å². The van der Waals surface area contributed by atoms with Gasteiger partial charge in [-0.05, 0) is 24.6 Å². The zero-order valence-corrected chi connectivity index (χ0v) is 11.0. The van der Waals surface area contributed by atoms with Crippen molar-refractivity contribution in [2.75, 3.05) is 25.0 Å². The van der Waals surface area contributed by atoms with Crippen LogP contribution in [0.4, 0.5) is 10.5 Å². The molecule has 0 aliphatic carbocycles. The summed E-state index contributed by atoms with van der Waals surface area (Å²) in [6, 6.07) is 6.51. The van der Waals surface area contributed by atoms with Crippen molar-refractivity contribution in [1.29, 1.82) is 5.26 Å². The van der Waals surface area contributed by atoms with Crippen LogP contribution in [0.1, 0.15) is 12.0 Å². The van der Waals surface area contributed by atoms with Crippen LogP contribution in [0.2, 0.25) is 5.02 Å². The molecule has 1 fully saturated rings. The van der Waals surface area contributed by atoms with Gasteiger partial charge in [-0.25, -0.2) is 4.79 Å². The van der Waals surface area contributed by atoms with Gasteiger partial charge in [-0.2, -0.15) is 5.26 Å². The number of carbonyl (C=O) groups excluding carboxylic acids is 1. The number of benzene rings is 1. The summed E-state index contributed by atoms with van der Waals surface area (Å²) in [6.07, 6.45) is 0.818. The SMILES string of the molecule is N#Cc1ccc(NC(=O)N2CCC(CO)C2)cc1Cl. The predicted octanol–water partition coefficient (Wildman–Crippen LogP) is 2.06. The summed E-state index contributed by atoms with van der Waals surface area (Å²) in [5, 5.41) is 20.9. The van der Waals surface area contributed by atoms with Gasteiger partial charge in [-0.1, -0.05) is 11.6 Å². The zero-order valence-electron chi connectivity index (χ0n) is 10.3. The second-order valence-corrected chi connectivity index (χ2v) is 4.93. The summed E-state index contributed by atoms with van der Waals surface area (Å²) in [6.45, 7) is 1.31. The first-order valence-electron chi connectivity index (χ1n) is 6.00. The Bertz CT molecular complexity index is 527. The molecule has 1 unspecified atom stereocenters. The number of aliphatic hydroxyl groups is 1. The van der Waals surface area contributed by atoms with Gasteiger partial charge in [0.1, 0.15) is 6.07 Å². The molecule has 100 valence electrons. The topological polar surface area (TPSA) is 76.4 Å². The highest BCUT2D eigenvalue weighted by Crippen LogP contribution is 2.21. The number of nitrogens with one attached hydrogen (secondary N) is 1. The molecular formula is C13H14ClN3O2. The molecule has 1 saturated heterocycles. The minimum Gasteiger partial charge on any atom is -0.396 e. The van der Waals surface area contributed by atoms with E-state index >= 15 is 0 Å². The molecule has 19 heavy (non-hydrogen) atoms. The third-order valence-corrected chi connectivity index (χ3v) is 3.48. The Balaban J connectivity index is 2.00.